The predicted molar refractivity (Wildman–Crippen MR) is 147 cm³/mol. The maximum Gasteiger partial charge on any atom is 0.275 e. The van der Waals surface area contributed by atoms with Crippen LogP contribution < -0.4 is 16.2 Å². The van der Waals surface area contributed by atoms with Gasteiger partial charge in [-0.2, -0.15) is 0 Å². The number of likely N-dealkylation sites (N-methyl/N-ethyl adjacent to an activating group) is 2. The topological polar surface area (TPSA) is 83.4 Å². The Balaban J connectivity index is 1.72. The maximum absolute atomic E-state index is 13.8. The first-order valence-electron chi connectivity index (χ1n) is 13.2. The summed E-state index contributed by atoms with van der Waals surface area (Å²) in [6.45, 7) is 4.11. The number of nitrogens with zero attached hydrogens (tertiary/aromatic N) is 2. The van der Waals surface area contributed by atoms with Crippen LogP contribution in [0, 0.1) is 5.82 Å². The zero-order valence-electron chi connectivity index (χ0n) is 22.2. The highest BCUT2D eigenvalue weighted by Gasteiger charge is 2.29. The second-order valence-electron chi connectivity index (χ2n) is 9.56. The van der Waals surface area contributed by atoms with E-state index in [1.807, 2.05) is 30.9 Å². The van der Waals surface area contributed by atoms with Gasteiger partial charge in [-0.15, -0.1) is 0 Å². The van der Waals surface area contributed by atoms with Crippen LogP contribution in [-0.4, -0.2) is 40.9 Å². The van der Waals surface area contributed by atoms with Gasteiger partial charge in [0.2, 0.25) is 11.8 Å². The van der Waals surface area contributed by atoms with Gasteiger partial charge >= 0.3 is 0 Å². The first-order valence-corrected chi connectivity index (χ1v) is 13.2. The molecule has 1 aliphatic rings. The molecule has 3 aromatic rings. The van der Waals surface area contributed by atoms with Crippen molar-refractivity contribution >= 4 is 17.5 Å². The van der Waals surface area contributed by atoms with E-state index in [4.69, 9.17) is 0 Å². The number of nitrogens with one attached hydrogen (secondary N) is 2. The van der Waals surface area contributed by atoms with Gasteiger partial charge in [-0.05, 0) is 92.7 Å². The second kappa shape index (κ2) is 12.2. The van der Waals surface area contributed by atoms with Crippen LogP contribution in [0.4, 0.5) is 10.1 Å². The second-order valence-corrected chi connectivity index (χ2v) is 9.56. The lowest BCUT2D eigenvalue weighted by atomic mass is 9.86. The number of pyridine rings is 1. The standard InChI is InChI=1S/C30H35FN4O3/c1-4-24(32-3)29(37)33-25-17-18-26(21-13-15-22(31)16-14-21)35(30(25)38)19-28(36)34(5-2)27-12-8-10-20-9-6-7-11-23(20)27/h6-7,9,11,13-18,24,27,32H,4-5,8,10,12,19H2,1-3H3,(H,33,37). The zero-order valence-corrected chi connectivity index (χ0v) is 22.2. The molecule has 2 aromatic carbocycles. The van der Waals surface area contributed by atoms with Crippen LogP contribution >= 0.6 is 0 Å². The first-order chi connectivity index (χ1) is 18.4. The average Bonchev–Trinajstić information content (AvgIpc) is 2.93. The van der Waals surface area contributed by atoms with Crippen LogP contribution in [0.5, 0.6) is 0 Å². The van der Waals surface area contributed by atoms with Crippen molar-refractivity contribution in [2.24, 2.45) is 0 Å². The summed E-state index contributed by atoms with van der Waals surface area (Å²) in [5.41, 5.74) is 3.08. The van der Waals surface area contributed by atoms with Crippen molar-refractivity contribution in [3.63, 3.8) is 0 Å². The molecule has 0 bridgehead atoms. The third-order valence-electron chi connectivity index (χ3n) is 7.31. The SMILES string of the molecule is CCC(NC)C(=O)Nc1ccc(-c2ccc(F)cc2)n(CC(=O)N(CC)C2CCCc3ccccc32)c1=O. The number of carbonyl (C=O) groups is 2. The number of halogens is 1. The van der Waals surface area contributed by atoms with Crippen molar-refractivity contribution in [1.82, 2.24) is 14.8 Å². The Morgan fingerprint density at radius 1 is 1.08 bits per heavy atom. The number of fused-ring (bicyclic) bond motifs is 1. The summed E-state index contributed by atoms with van der Waals surface area (Å²) >= 11 is 0. The highest BCUT2D eigenvalue weighted by molar-refractivity contribution is 5.94. The summed E-state index contributed by atoms with van der Waals surface area (Å²) in [4.78, 5) is 42.0. The fourth-order valence-electron chi connectivity index (χ4n) is 5.29. The number of aryl methyl sites for hydroxylation is 1. The van der Waals surface area contributed by atoms with Gasteiger partial charge in [-0.25, -0.2) is 4.39 Å². The van der Waals surface area contributed by atoms with Crippen molar-refractivity contribution in [3.8, 4) is 11.3 Å². The van der Waals surface area contributed by atoms with Crippen LogP contribution in [0.2, 0.25) is 0 Å². The van der Waals surface area contributed by atoms with Crippen LogP contribution in [0.25, 0.3) is 11.3 Å². The largest absolute Gasteiger partial charge is 0.334 e. The molecule has 0 spiro atoms. The van der Waals surface area contributed by atoms with Gasteiger partial charge in [0.05, 0.1) is 17.8 Å². The molecule has 0 aliphatic heterocycles. The minimum Gasteiger partial charge on any atom is -0.334 e. The number of hydrogen-bond acceptors (Lipinski definition) is 4. The molecule has 8 heteroatoms. The quantitative estimate of drug-likeness (QED) is 0.437. The summed E-state index contributed by atoms with van der Waals surface area (Å²) in [5, 5.41) is 5.64. The molecular formula is C30H35FN4O3. The normalized spacial score (nSPS) is 15.4. The number of hydrogen-bond donors (Lipinski definition) is 2. The molecule has 0 radical (unpaired) electrons. The van der Waals surface area contributed by atoms with E-state index in [1.165, 1.54) is 28.3 Å². The number of anilines is 1. The Morgan fingerprint density at radius 3 is 2.50 bits per heavy atom. The van der Waals surface area contributed by atoms with E-state index in [2.05, 4.69) is 22.8 Å². The summed E-state index contributed by atoms with van der Waals surface area (Å²) in [6, 6.07) is 16.7. The Kier molecular flexibility index (Phi) is 8.73. The third kappa shape index (κ3) is 5.70. The highest BCUT2D eigenvalue weighted by Crippen LogP contribution is 2.34. The number of aromatic nitrogens is 1. The maximum atomic E-state index is 13.8. The molecule has 1 aliphatic carbocycles. The highest BCUT2D eigenvalue weighted by atomic mass is 19.1. The molecular weight excluding hydrogens is 483 g/mol. The molecule has 200 valence electrons. The van der Waals surface area contributed by atoms with Gasteiger partial charge < -0.3 is 15.5 Å². The van der Waals surface area contributed by atoms with Crippen LogP contribution in [0.15, 0.2) is 65.5 Å². The Hall–Kier alpha value is -3.78. The van der Waals surface area contributed by atoms with Crippen LogP contribution in [-0.2, 0) is 22.6 Å². The number of benzene rings is 2. The van der Waals surface area contributed by atoms with E-state index in [9.17, 15) is 18.8 Å². The van der Waals surface area contributed by atoms with Crippen molar-refractivity contribution in [2.75, 3.05) is 18.9 Å². The fourth-order valence-corrected chi connectivity index (χ4v) is 5.29. The van der Waals surface area contributed by atoms with Crippen molar-refractivity contribution in [2.45, 2.75) is 58.2 Å². The van der Waals surface area contributed by atoms with Crippen molar-refractivity contribution < 1.29 is 14.0 Å². The van der Waals surface area contributed by atoms with Gasteiger partial charge in [0, 0.05) is 6.54 Å². The molecule has 2 unspecified atom stereocenters. The summed E-state index contributed by atoms with van der Waals surface area (Å²) in [5.74, 6) is -0.910. The molecule has 0 fully saturated rings. The summed E-state index contributed by atoms with van der Waals surface area (Å²) in [6.07, 6.45) is 3.38. The lowest BCUT2D eigenvalue weighted by Gasteiger charge is -2.35. The van der Waals surface area contributed by atoms with Crippen molar-refractivity contribution in [1.29, 1.82) is 0 Å². The summed E-state index contributed by atoms with van der Waals surface area (Å²) in [7, 11) is 1.69. The average molecular weight is 519 g/mol. The van der Waals surface area contributed by atoms with E-state index in [1.54, 1.807) is 25.2 Å². The van der Waals surface area contributed by atoms with E-state index < -0.39 is 17.4 Å². The fraction of sp³-hybridized carbons (Fsp3) is 0.367. The third-order valence-corrected chi connectivity index (χ3v) is 7.31. The Labute approximate surface area is 222 Å². The molecule has 38 heavy (non-hydrogen) atoms. The molecule has 0 saturated carbocycles. The van der Waals surface area contributed by atoms with E-state index in [-0.39, 0.29) is 30.1 Å². The lowest BCUT2D eigenvalue weighted by molar-refractivity contribution is -0.134. The first kappa shape index (κ1) is 27.3. The van der Waals surface area contributed by atoms with Gasteiger partial charge in [0.25, 0.3) is 5.56 Å². The molecule has 7 nitrogen and oxygen atoms in total. The Bertz CT molecular complexity index is 1350. The Morgan fingerprint density at radius 2 is 1.82 bits per heavy atom. The monoisotopic (exact) mass is 518 g/mol. The van der Waals surface area contributed by atoms with Gasteiger partial charge in [0.1, 0.15) is 18.0 Å². The predicted octanol–water partition coefficient (Wildman–Crippen LogP) is 4.52. The molecule has 4 rings (SSSR count). The number of carbonyl (C=O) groups excluding carboxylic acids is 2. The number of rotatable bonds is 9. The molecule has 1 aromatic heterocycles. The van der Waals surface area contributed by atoms with E-state index in [0.29, 0.717) is 24.2 Å². The minimum absolute atomic E-state index is 0.0637. The molecule has 2 N–H and O–H groups in total. The van der Waals surface area contributed by atoms with Gasteiger partial charge in [-0.3, -0.25) is 19.0 Å². The molecule has 2 atom stereocenters. The minimum atomic E-state index is -0.487. The van der Waals surface area contributed by atoms with Gasteiger partial charge in [-0.1, -0.05) is 31.2 Å². The van der Waals surface area contributed by atoms with Crippen LogP contribution in [0.1, 0.15) is 50.3 Å². The zero-order chi connectivity index (χ0) is 27.2. The summed E-state index contributed by atoms with van der Waals surface area (Å²) < 4.78 is 15.0. The van der Waals surface area contributed by atoms with Crippen molar-refractivity contribution in [3.05, 3.63) is 88.0 Å². The van der Waals surface area contributed by atoms with Gasteiger partial charge in [0.15, 0.2) is 0 Å². The number of amides is 2. The van der Waals surface area contributed by atoms with Crippen LogP contribution in [0.3, 0.4) is 0 Å². The molecule has 1 heterocycles. The van der Waals surface area contributed by atoms with E-state index in [0.717, 1.165) is 24.8 Å². The lowest BCUT2D eigenvalue weighted by Crippen LogP contribution is -2.42. The smallest absolute Gasteiger partial charge is 0.275 e. The molecule has 0 saturated heterocycles. The van der Waals surface area contributed by atoms with E-state index >= 15 is 0 Å². The molecule has 2 amide bonds.